The summed E-state index contributed by atoms with van der Waals surface area (Å²) in [7, 11) is 1.88. The second kappa shape index (κ2) is 24.4. The predicted octanol–water partition coefficient (Wildman–Crippen LogP) is 8.68. The van der Waals surface area contributed by atoms with Gasteiger partial charge in [-0.1, -0.05) is 88.5 Å². The van der Waals surface area contributed by atoms with Crippen molar-refractivity contribution in [2.45, 2.75) is 104 Å². The van der Waals surface area contributed by atoms with Crippen molar-refractivity contribution in [3.8, 4) is 5.75 Å². The summed E-state index contributed by atoms with van der Waals surface area (Å²) in [6, 6.07) is 8.46. The topological polar surface area (TPSA) is 106 Å². The number of imidazole rings is 1. The fourth-order valence-electron chi connectivity index (χ4n) is 5.07. The van der Waals surface area contributed by atoms with E-state index in [1.807, 2.05) is 18.5 Å². The molecule has 0 saturated carbocycles. The van der Waals surface area contributed by atoms with Crippen molar-refractivity contribution in [1.82, 2.24) is 9.55 Å². The van der Waals surface area contributed by atoms with Crippen molar-refractivity contribution in [3.05, 3.63) is 72.9 Å². The molecule has 2 atom stereocenters. The Balaban J connectivity index is 1.70. The number of carbonyl (C=O) groups is 3. The van der Waals surface area contributed by atoms with Crippen LogP contribution in [0.25, 0.3) is 0 Å². The van der Waals surface area contributed by atoms with E-state index in [0.29, 0.717) is 25.0 Å². The maximum Gasteiger partial charge on any atom is 0.516 e. The molecule has 0 saturated heterocycles. The van der Waals surface area contributed by atoms with Gasteiger partial charge in [0.2, 0.25) is 6.79 Å². The largest absolute Gasteiger partial charge is 0.516 e. The number of carbonyl (C=O) groups excluding carboxylic acids is 3. The van der Waals surface area contributed by atoms with Gasteiger partial charge in [-0.25, -0.2) is 9.78 Å². The van der Waals surface area contributed by atoms with Crippen LogP contribution < -0.4 is 4.74 Å². The first kappa shape index (κ1) is 38.3. The molecule has 9 nitrogen and oxygen atoms in total. The van der Waals surface area contributed by atoms with Crippen LogP contribution in [0.4, 0.5) is 4.79 Å². The molecule has 1 unspecified atom stereocenters. The molecule has 0 aliphatic heterocycles. The molecule has 2 aromatic rings. The number of ether oxygens (including phenoxy) is 4. The number of para-hydroxylation sites is 1. The standard InChI is InChI=1S/C37H54N2O7/c1-4-6-7-8-9-10-11-12-13-14-15-16-17-18-22-25-35(40)43-28-31(26-32-27-38-29-39(32)3)34(5-2)36(41)44-30-45-37(42)46-33-23-20-19-21-24-33/h9-10,12-13,19-21,23-24,27,29,31,34H,4-8,11,14-18,22,25-26,28,30H2,1-3H3/b10-9-,13-12-/t31?,34-/m0/s1. The van der Waals surface area contributed by atoms with Crippen molar-refractivity contribution in [3.63, 3.8) is 0 Å². The number of hydrogen-bond acceptors (Lipinski definition) is 8. The van der Waals surface area contributed by atoms with Crippen LogP contribution in [0.5, 0.6) is 5.75 Å². The highest BCUT2D eigenvalue weighted by molar-refractivity contribution is 5.73. The number of unbranched alkanes of at least 4 members (excludes halogenated alkanes) is 8. The first-order valence-corrected chi connectivity index (χ1v) is 16.9. The number of aryl methyl sites for hydroxylation is 1. The molecular formula is C37H54N2O7. The lowest BCUT2D eigenvalue weighted by molar-refractivity contribution is -0.162. The van der Waals surface area contributed by atoms with Crippen molar-refractivity contribution >= 4 is 18.1 Å². The molecule has 9 heteroatoms. The van der Waals surface area contributed by atoms with Crippen LogP contribution in [0.15, 0.2) is 67.2 Å². The van der Waals surface area contributed by atoms with Crippen molar-refractivity contribution in [1.29, 1.82) is 0 Å². The summed E-state index contributed by atoms with van der Waals surface area (Å²) in [5, 5.41) is 0. The van der Waals surface area contributed by atoms with E-state index in [0.717, 1.165) is 50.6 Å². The summed E-state index contributed by atoms with van der Waals surface area (Å²) in [6.07, 6.45) is 25.1. The van der Waals surface area contributed by atoms with E-state index in [2.05, 4.69) is 36.2 Å². The van der Waals surface area contributed by atoms with Gasteiger partial charge in [0.05, 0.1) is 18.9 Å². The van der Waals surface area contributed by atoms with Gasteiger partial charge in [-0.05, 0) is 63.5 Å². The number of allylic oxidation sites excluding steroid dienone is 4. The molecule has 46 heavy (non-hydrogen) atoms. The zero-order valence-electron chi connectivity index (χ0n) is 28.1. The highest BCUT2D eigenvalue weighted by Gasteiger charge is 2.30. The van der Waals surface area contributed by atoms with Gasteiger partial charge in [0.1, 0.15) is 5.75 Å². The van der Waals surface area contributed by atoms with E-state index in [1.165, 1.54) is 25.7 Å². The van der Waals surface area contributed by atoms with E-state index in [-0.39, 0.29) is 18.5 Å². The molecule has 0 spiro atoms. The van der Waals surface area contributed by atoms with Gasteiger partial charge in [-0.15, -0.1) is 0 Å². The van der Waals surface area contributed by atoms with Crippen molar-refractivity contribution in [2.75, 3.05) is 13.4 Å². The van der Waals surface area contributed by atoms with Crippen molar-refractivity contribution < 1.29 is 33.3 Å². The molecule has 0 N–H and O–H groups in total. The van der Waals surface area contributed by atoms with Crippen molar-refractivity contribution in [2.24, 2.45) is 18.9 Å². The lowest BCUT2D eigenvalue weighted by Gasteiger charge is -2.24. The maximum absolute atomic E-state index is 13.0. The Labute approximate surface area is 275 Å². The zero-order valence-corrected chi connectivity index (χ0v) is 28.1. The Hall–Kier alpha value is -3.88. The third kappa shape index (κ3) is 17.0. The fourth-order valence-corrected chi connectivity index (χ4v) is 5.07. The van der Waals surface area contributed by atoms with E-state index >= 15 is 0 Å². The average molecular weight is 639 g/mol. The molecule has 0 bridgehead atoms. The van der Waals surface area contributed by atoms with Crippen LogP contribution in [0.1, 0.15) is 103 Å². The van der Waals surface area contributed by atoms with Crippen LogP contribution in [-0.4, -0.2) is 41.0 Å². The highest BCUT2D eigenvalue weighted by Crippen LogP contribution is 2.23. The molecule has 1 aromatic carbocycles. The highest BCUT2D eigenvalue weighted by atomic mass is 16.8. The number of aromatic nitrogens is 2. The van der Waals surface area contributed by atoms with Gasteiger partial charge >= 0.3 is 18.1 Å². The van der Waals surface area contributed by atoms with Gasteiger partial charge in [0.15, 0.2) is 0 Å². The van der Waals surface area contributed by atoms with Crippen LogP contribution in [0, 0.1) is 11.8 Å². The Morgan fingerprint density at radius 3 is 2.22 bits per heavy atom. The summed E-state index contributed by atoms with van der Waals surface area (Å²) in [4.78, 5) is 41.7. The Morgan fingerprint density at radius 2 is 1.54 bits per heavy atom. The second-order valence-electron chi connectivity index (χ2n) is 11.5. The van der Waals surface area contributed by atoms with E-state index in [9.17, 15) is 14.4 Å². The third-order valence-corrected chi connectivity index (χ3v) is 7.81. The second-order valence-corrected chi connectivity index (χ2v) is 11.5. The molecule has 2 rings (SSSR count). The number of benzene rings is 1. The summed E-state index contributed by atoms with van der Waals surface area (Å²) in [6.45, 7) is 3.60. The molecular weight excluding hydrogens is 584 g/mol. The van der Waals surface area contributed by atoms with Gasteiger partial charge in [-0.3, -0.25) is 9.59 Å². The quantitative estimate of drug-likeness (QED) is 0.0370. The normalized spacial score (nSPS) is 12.7. The van der Waals surface area contributed by atoms with E-state index in [1.54, 1.807) is 42.9 Å². The van der Waals surface area contributed by atoms with Crippen LogP contribution in [-0.2, 0) is 37.3 Å². The molecule has 0 radical (unpaired) electrons. The van der Waals surface area contributed by atoms with Crippen LogP contribution >= 0.6 is 0 Å². The first-order chi connectivity index (χ1) is 22.4. The minimum Gasteiger partial charge on any atom is -0.465 e. The molecule has 0 fully saturated rings. The number of hydrogen-bond donors (Lipinski definition) is 0. The van der Waals surface area contributed by atoms with Gasteiger partial charge < -0.3 is 23.5 Å². The summed E-state index contributed by atoms with van der Waals surface area (Å²) < 4.78 is 22.8. The van der Waals surface area contributed by atoms with Gasteiger partial charge in [0, 0.05) is 31.3 Å². The monoisotopic (exact) mass is 638 g/mol. The fraction of sp³-hybridized carbons (Fsp3) is 0.568. The lowest BCUT2D eigenvalue weighted by atomic mass is 9.87. The SMILES string of the molecule is CCCCC/C=C\C/C=C\CCCCCCCC(=O)OCC(Cc1cncn1C)[C@H](CC)C(=O)OCOC(=O)Oc1ccccc1. The molecule has 0 aliphatic carbocycles. The third-order valence-electron chi connectivity index (χ3n) is 7.81. The summed E-state index contributed by atoms with van der Waals surface area (Å²) in [5.41, 5.74) is 0.906. The minimum absolute atomic E-state index is 0.0782. The Bertz CT molecular complexity index is 1180. The van der Waals surface area contributed by atoms with E-state index in [4.69, 9.17) is 18.9 Å². The van der Waals surface area contributed by atoms with Gasteiger partial charge in [0.25, 0.3) is 0 Å². The summed E-state index contributed by atoms with van der Waals surface area (Å²) >= 11 is 0. The Kier molecular flexibility index (Phi) is 20.3. The van der Waals surface area contributed by atoms with E-state index < -0.39 is 24.8 Å². The molecule has 254 valence electrons. The predicted molar refractivity (Wildman–Crippen MR) is 179 cm³/mol. The lowest BCUT2D eigenvalue weighted by Crippen LogP contribution is -2.32. The van der Waals surface area contributed by atoms with Gasteiger partial charge in [-0.2, -0.15) is 0 Å². The summed E-state index contributed by atoms with van der Waals surface area (Å²) in [5.74, 6) is -1.39. The smallest absolute Gasteiger partial charge is 0.465 e. The molecule has 0 amide bonds. The number of nitrogens with zero attached hydrogens (tertiary/aromatic N) is 2. The average Bonchev–Trinajstić information content (AvgIpc) is 3.46. The first-order valence-electron chi connectivity index (χ1n) is 16.9. The van der Waals surface area contributed by atoms with Crippen LogP contribution in [0.3, 0.4) is 0 Å². The molecule has 0 aliphatic rings. The molecule has 1 aromatic heterocycles. The maximum atomic E-state index is 13.0. The number of esters is 2. The minimum atomic E-state index is -0.972. The number of rotatable bonds is 24. The zero-order chi connectivity index (χ0) is 33.2. The molecule has 1 heterocycles. The van der Waals surface area contributed by atoms with Crippen LogP contribution in [0.2, 0.25) is 0 Å². The Morgan fingerprint density at radius 1 is 0.848 bits per heavy atom.